The summed E-state index contributed by atoms with van der Waals surface area (Å²) < 4.78 is 16.5. The van der Waals surface area contributed by atoms with Gasteiger partial charge in [-0.1, -0.05) is 32.0 Å². The molecule has 0 bridgehead atoms. The Morgan fingerprint density at radius 3 is 2.38 bits per heavy atom. The summed E-state index contributed by atoms with van der Waals surface area (Å²) in [6, 6.07) is 12.0. The molecule has 0 radical (unpaired) electrons. The number of amides is 2. The Kier molecular flexibility index (Phi) is 7.88. The van der Waals surface area contributed by atoms with Crippen molar-refractivity contribution in [1.29, 1.82) is 0 Å². The summed E-state index contributed by atoms with van der Waals surface area (Å²) in [6.45, 7) is 6.31. The lowest BCUT2D eigenvalue weighted by atomic mass is 10.1. The molecular formula is C22H28N2O5. The zero-order valence-electron chi connectivity index (χ0n) is 17.2. The molecule has 0 aliphatic carbocycles. The van der Waals surface area contributed by atoms with Gasteiger partial charge in [-0.3, -0.25) is 9.59 Å². The topological polar surface area (TPSA) is 99.9 Å². The number of para-hydroxylation sites is 1. The average molecular weight is 400 g/mol. The van der Waals surface area contributed by atoms with Gasteiger partial charge in [0, 0.05) is 0 Å². The normalized spacial score (nSPS) is 11.6. The second-order valence-corrected chi connectivity index (χ2v) is 7.06. The van der Waals surface area contributed by atoms with Crippen LogP contribution in [0.5, 0.6) is 17.2 Å². The fraction of sp³-hybridized carbons (Fsp3) is 0.364. The minimum absolute atomic E-state index is 0.292. The lowest BCUT2D eigenvalue weighted by Gasteiger charge is -2.18. The predicted octanol–water partition coefficient (Wildman–Crippen LogP) is 3.09. The van der Waals surface area contributed by atoms with Gasteiger partial charge in [0.1, 0.15) is 5.75 Å². The van der Waals surface area contributed by atoms with Crippen LogP contribution >= 0.6 is 0 Å². The molecule has 0 saturated heterocycles. The predicted molar refractivity (Wildman–Crippen MR) is 110 cm³/mol. The average Bonchev–Trinajstić information content (AvgIpc) is 2.70. The van der Waals surface area contributed by atoms with E-state index in [1.807, 2.05) is 25.1 Å². The van der Waals surface area contributed by atoms with E-state index in [-0.39, 0.29) is 18.6 Å². The van der Waals surface area contributed by atoms with E-state index >= 15 is 0 Å². The van der Waals surface area contributed by atoms with Gasteiger partial charge in [-0.25, -0.2) is 0 Å². The molecule has 7 nitrogen and oxygen atoms in total. The van der Waals surface area contributed by atoms with Crippen molar-refractivity contribution >= 4 is 11.8 Å². The molecule has 3 N–H and O–H groups in total. The minimum atomic E-state index is -0.611. The van der Waals surface area contributed by atoms with Gasteiger partial charge in [-0.2, -0.15) is 0 Å². The lowest BCUT2D eigenvalue weighted by molar-refractivity contribution is -0.119. The first-order valence-corrected chi connectivity index (χ1v) is 9.43. The highest BCUT2D eigenvalue weighted by molar-refractivity contribution is 5.97. The summed E-state index contributed by atoms with van der Waals surface area (Å²) in [7, 11) is 1.58. The van der Waals surface area contributed by atoms with Crippen LogP contribution in [-0.2, 0) is 4.79 Å². The van der Waals surface area contributed by atoms with E-state index in [9.17, 15) is 9.59 Å². The lowest BCUT2D eigenvalue weighted by Crippen LogP contribution is -2.28. The largest absolute Gasteiger partial charge is 0.493 e. The van der Waals surface area contributed by atoms with Crippen molar-refractivity contribution in [2.75, 3.05) is 20.3 Å². The molecule has 29 heavy (non-hydrogen) atoms. The summed E-state index contributed by atoms with van der Waals surface area (Å²) >= 11 is 0. The van der Waals surface area contributed by atoms with E-state index in [4.69, 9.17) is 19.9 Å². The number of carbonyl (C=O) groups excluding carboxylic acids is 2. The Labute approximate surface area is 171 Å². The first kappa shape index (κ1) is 22.1. The second kappa shape index (κ2) is 10.4. The second-order valence-electron chi connectivity index (χ2n) is 7.06. The fourth-order valence-electron chi connectivity index (χ4n) is 2.62. The van der Waals surface area contributed by atoms with E-state index < -0.39 is 5.91 Å². The Bertz CT molecular complexity index is 851. The summed E-state index contributed by atoms with van der Waals surface area (Å²) in [4.78, 5) is 23.7. The number of benzene rings is 2. The standard InChI is InChI=1S/C22H28N2O5/c1-14(2)12-28-19-10-9-16(11-20(19)27-4)15(3)24-22(26)17-7-5-6-8-18(17)29-13-21(23)25/h5-11,14-15H,12-13H2,1-4H3,(H2,23,25)(H,24,26)/t15-/m0/s1. The number of hydrogen-bond donors (Lipinski definition) is 2. The fourth-order valence-corrected chi connectivity index (χ4v) is 2.62. The van der Waals surface area contributed by atoms with Gasteiger partial charge in [0.05, 0.1) is 25.3 Å². The third-order valence-electron chi connectivity index (χ3n) is 4.11. The monoisotopic (exact) mass is 400 g/mol. The number of rotatable bonds is 10. The van der Waals surface area contributed by atoms with Gasteiger partial charge in [-0.15, -0.1) is 0 Å². The van der Waals surface area contributed by atoms with Gasteiger partial charge < -0.3 is 25.3 Å². The van der Waals surface area contributed by atoms with Crippen LogP contribution in [0.25, 0.3) is 0 Å². The van der Waals surface area contributed by atoms with E-state index in [0.717, 1.165) is 5.56 Å². The van der Waals surface area contributed by atoms with Crippen LogP contribution in [-0.4, -0.2) is 32.1 Å². The van der Waals surface area contributed by atoms with Crippen LogP contribution in [0.15, 0.2) is 42.5 Å². The summed E-state index contributed by atoms with van der Waals surface area (Å²) in [5.74, 6) is 1.03. The van der Waals surface area contributed by atoms with Gasteiger partial charge in [0.15, 0.2) is 18.1 Å². The first-order chi connectivity index (χ1) is 13.8. The highest BCUT2D eigenvalue weighted by Crippen LogP contribution is 2.31. The maximum atomic E-state index is 12.7. The van der Waals surface area contributed by atoms with Crippen molar-refractivity contribution in [3.8, 4) is 17.2 Å². The van der Waals surface area contributed by atoms with Crippen LogP contribution in [0, 0.1) is 5.92 Å². The molecule has 0 aliphatic rings. The summed E-state index contributed by atoms with van der Waals surface area (Å²) in [5.41, 5.74) is 6.30. The van der Waals surface area contributed by atoms with Gasteiger partial charge in [0.25, 0.3) is 11.8 Å². The number of nitrogens with one attached hydrogen (secondary N) is 1. The van der Waals surface area contributed by atoms with Gasteiger partial charge in [0.2, 0.25) is 0 Å². The smallest absolute Gasteiger partial charge is 0.255 e. The van der Waals surface area contributed by atoms with Crippen LogP contribution in [0.2, 0.25) is 0 Å². The van der Waals surface area contributed by atoms with Crippen LogP contribution in [0.1, 0.15) is 42.7 Å². The van der Waals surface area contributed by atoms with Gasteiger partial charge in [-0.05, 0) is 42.7 Å². The third kappa shape index (κ3) is 6.41. The minimum Gasteiger partial charge on any atom is -0.493 e. The first-order valence-electron chi connectivity index (χ1n) is 9.43. The number of carbonyl (C=O) groups is 2. The molecule has 0 heterocycles. The quantitative estimate of drug-likeness (QED) is 0.638. The molecule has 156 valence electrons. The Hall–Kier alpha value is -3.22. The molecule has 2 amide bonds. The van der Waals surface area contributed by atoms with Crippen molar-refractivity contribution in [3.05, 3.63) is 53.6 Å². The Morgan fingerprint density at radius 1 is 1.00 bits per heavy atom. The number of methoxy groups -OCH3 is 1. The molecular weight excluding hydrogens is 372 g/mol. The van der Waals surface area contributed by atoms with E-state index in [2.05, 4.69) is 19.2 Å². The molecule has 7 heteroatoms. The van der Waals surface area contributed by atoms with Gasteiger partial charge >= 0.3 is 0 Å². The van der Waals surface area contributed by atoms with E-state index in [1.54, 1.807) is 31.4 Å². The molecule has 1 atom stereocenters. The van der Waals surface area contributed by atoms with Crippen LogP contribution in [0.4, 0.5) is 0 Å². The highest BCUT2D eigenvalue weighted by atomic mass is 16.5. The Balaban J connectivity index is 2.12. The number of hydrogen-bond acceptors (Lipinski definition) is 5. The molecule has 0 aliphatic heterocycles. The zero-order valence-corrected chi connectivity index (χ0v) is 17.2. The molecule has 0 spiro atoms. The number of nitrogens with two attached hydrogens (primary N) is 1. The van der Waals surface area contributed by atoms with E-state index in [1.165, 1.54) is 0 Å². The van der Waals surface area contributed by atoms with Crippen molar-refractivity contribution < 1.29 is 23.8 Å². The van der Waals surface area contributed by atoms with E-state index in [0.29, 0.717) is 35.3 Å². The maximum Gasteiger partial charge on any atom is 0.255 e. The van der Waals surface area contributed by atoms with Crippen molar-refractivity contribution in [1.82, 2.24) is 5.32 Å². The summed E-state index contributed by atoms with van der Waals surface area (Å²) in [5, 5.41) is 2.93. The van der Waals surface area contributed by atoms with Crippen molar-refractivity contribution in [2.45, 2.75) is 26.8 Å². The van der Waals surface area contributed by atoms with Crippen molar-refractivity contribution in [2.24, 2.45) is 11.7 Å². The molecule has 2 rings (SSSR count). The Morgan fingerprint density at radius 2 is 1.72 bits per heavy atom. The van der Waals surface area contributed by atoms with Crippen LogP contribution in [0.3, 0.4) is 0 Å². The summed E-state index contributed by atoms with van der Waals surface area (Å²) in [6.07, 6.45) is 0. The van der Waals surface area contributed by atoms with Crippen molar-refractivity contribution in [3.63, 3.8) is 0 Å². The molecule has 0 fully saturated rings. The molecule has 0 saturated carbocycles. The van der Waals surface area contributed by atoms with Crippen LogP contribution < -0.4 is 25.3 Å². The molecule has 0 unspecified atom stereocenters. The zero-order chi connectivity index (χ0) is 21.4. The molecule has 2 aromatic carbocycles. The molecule has 2 aromatic rings. The highest BCUT2D eigenvalue weighted by Gasteiger charge is 2.17. The SMILES string of the molecule is COc1cc([C@H](C)NC(=O)c2ccccc2OCC(N)=O)ccc1OCC(C)C. The third-order valence-corrected chi connectivity index (χ3v) is 4.11. The number of primary amides is 1. The molecule has 0 aromatic heterocycles. The maximum absolute atomic E-state index is 12.7. The number of ether oxygens (including phenoxy) is 3.